The maximum absolute atomic E-state index is 14.1. The van der Waals surface area contributed by atoms with E-state index in [1.165, 1.54) is 19.3 Å². The Morgan fingerprint density at radius 3 is 1.66 bits per heavy atom. The number of benzene rings is 1. The highest BCUT2D eigenvalue weighted by Gasteiger charge is 2.36. The van der Waals surface area contributed by atoms with Crippen LogP contribution in [0.2, 0.25) is 0 Å². The van der Waals surface area contributed by atoms with Crippen molar-refractivity contribution in [2.45, 2.75) is 97.0 Å². The van der Waals surface area contributed by atoms with Gasteiger partial charge in [0.1, 0.15) is 0 Å². The summed E-state index contributed by atoms with van der Waals surface area (Å²) in [7, 11) is 1.62. The molecule has 0 spiro atoms. The average Bonchev–Trinajstić information content (AvgIpc) is 2.74. The van der Waals surface area contributed by atoms with Crippen molar-refractivity contribution in [1.82, 2.24) is 0 Å². The molecular weight excluding hydrogens is 387 g/mol. The summed E-state index contributed by atoms with van der Waals surface area (Å²) in [6.45, 7) is 6.16. The molecule has 0 aliphatic heterocycles. The minimum atomic E-state index is -2.11. The maximum Gasteiger partial charge on any atom is 0.200 e. The van der Waals surface area contributed by atoms with Gasteiger partial charge in [0.05, 0.1) is 5.60 Å². The van der Waals surface area contributed by atoms with Crippen molar-refractivity contribution in [3.63, 3.8) is 0 Å². The Balaban J connectivity index is 2.95. The molecule has 168 valence electrons. The molecule has 0 amide bonds. The molecule has 0 fully saturated rings. The zero-order valence-corrected chi connectivity index (χ0v) is 18.2. The van der Waals surface area contributed by atoms with Crippen LogP contribution in [0.1, 0.15) is 90.5 Å². The van der Waals surface area contributed by atoms with Gasteiger partial charge >= 0.3 is 0 Å². The molecule has 1 rings (SSSR count). The topological polar surface area (TPSA) is 9.23 Å². The van der Waals surface area contributed by atoms with Gasteiger partial charge in [-0.05, 0) is 38.0 Å². The molecule has 29 heavy (non-hydrogen) atoms. The highest BCUT2D eigenvalue weighted by atomic mass is 19.2. The summed E-state index contributed by atoms with van der Waals surface area (Å²) in [5.74, 6) is -9.35. The second-order valence-electron chi connectivity index (χ2n) is 7.82. The molecule has 1 aromatic rings. The number of methoxy groups -OCH3 is 1. The second-order valence-corrected chi connectivity index (χ2v) is 7.82. The first-order valence-electron chi connectivity index (χ1n) is 10.8. The van der Waals surface area contributed by atoms with Crippen LogP contribution in [0.4, 0.5) is 22.0 Å². The third kappa shape index (κ3) is 6.40. The van der Waals surface area contributed by atoms with Crippen molar-refractivity contribution in [1.29, 1.82) is 0 Å². The SMILES string of the molecule is CCCCCCCCC(CCc1c(F)c(F)c(F)c(F)c1F)C(CC)(CC)OC. The molecule has 0 heterocycles. The Morgan fingerprint density at radius 2 is 1.17 bits per heavy atom. The fourth-order valence-electron chi connectivity index (χ4n) is 4.31. The van der Waals surface area contributed by atoms with Crippen LogP contribution in [-0.4, -0.2) is 12.7 Å². The van der Waals surface area contributed by atoms with Gasteiger partial charge in [-0.15, -0.1) is 0 Å². The fraction of sp³-hybridized carbons (Fsp3) is 0.739. The van der Waals surface area contributed by atoms with Crippen LogP contribution in [0.3, 0.4) is 0 Å². The van der Waals surface area contributed by atoms with Gasteiger partial charge in [-0.1, -0.05) is 59.3 Å². The molecule has 0 saturated carbocycles. The lowest BCUT2D eigenvalue weighted by atomic mass is 9.76. The van der Waals surface area contributed by atoms with Crippen LogP contribution in [0.15, 0.2) is 0 Å². The van der Waals surface area contributed by atoms with Crippen molar-refractivity contribution in [2.24, 2.45) is 5.92 Å². The third-order valence-corrected chi connectivity index (χ3v) is 6.30. The Bertz CT molecular complexity index is 591. The Hall–Kier alpha value is -1.17. The van der Waals surface area contributed by atoms with Gasteiger partial charge in [0.15, 0.2) is 23.3 Å². The molecule has 1 unspecified atom stereocenters. The number of hydrogen-bond acceptors (Lipinski definition) is 1. The summed E-state index contributed by atoms with van der Waals surface area (Å²) in [4.78, 5) is 0. The number of rotatable bonds is 14. The standard InChI is InChI=1S/C23H35F5O/c1-5-8-9-10-11-12-13-16(23(6-2,7-3)29-4)14-15-17-18(24)20(26)22(28)21(27)19(17)25/h16H,5-15H2,1-4H3. The van der Waals surface area contributed by atoms with E-state index in [-0.39, 0.29) is 12.3 Å². The second kappa shape index (κ2) is 12.5. The van der Waals surface area contributed by atoms with E-state index in [1.807, 2.05) is 13.8 Å². The Labute approximate surface area is 172 Å². The third-order valence-electron chi connectivity index (χ3n) is 6.30. The lowest BCUT2D eigenvalue weighted by Crippen LogP contribution is -2.39. The van der Waals surface area contributed by atoms with Crippen LogP contribution < -0.4 is 0 Å². The summed E-state index contributed by atoms with van der Waals surface area (Å²) < 4.78 is 74.3. The van der Waals surface area contributed by atoms with E-state index in [9.17, 15) is 22.0 Å². The van der Waals surface area contributed by atoms with Crippen molar-refractivity contribution >= 4 is 0 Å². The highest BCUT2D eigenvalue weighted by molar-refractivity contribution is 5.24. The van der Waals surface area contributed by atoms with Crippen LogP contribution in [0.5, 0.6) is 0 Å². The van der Waals surface area contributed by atoms with Crippen LogP contribution in [0, 0.1) is 35.0 Å². The van der Waals surface area contributed by atoms with Crippen molar-refractivity contribution in [3.8, 4) is 0 Å². The zero-order valence-electron chi connectivity index (χ0n) is 18.2. The maximum atomic E-state index is 14.1. The molecular formula is C23H35F5O. The minimum Gasteiger partial charge on any atom is -0.378 e. The number of unbranched alkanes of at least 4 members (excludes halogenated alkanes) is 5. The van der Waals surface area contributed by atoms with Crippen LogP contribution in [0.25, 0.3) is 0 Å². The highest BCUT2D eigenvalue weighted by Crippen LogP contribution is 2.37. The summed E-state index contributed by atoms with van der Waals surface area (Å²) in [5.41, 5.74) is -1.19. The molecule has 0 N–H and O–H groups in total. The van der Waals surface area contributed by atoms with Crippen molar-refractivity contribution in [3.05, 3.63) is 34.6 Å². The summed E-state index contributed by atoms with van der Waals surface area (Å²) in [5, 5.41) is 0. The van der Waals surface area contributed by atoms with Gasteiger partial charge in [-0.2, -0.15) is 0 Å². The van der Waals surface area contributed by atoms with Crippen molar-refractivity contribution in [2.75, 3.05) is 7.11 Å². The van der Waals surface area contributed by atoms with Gasteiger partial charge in [-0.3, -0.25) is 0 Å². The molecule has 1 aromatic carbocycles. The molecule has 1 nitrogen and oxygen atoms in total. The monoisotopic (exact) mass is 422 g/mol. The Kier molecular flexibility index (Phi) is 11.2. The molecule has 0 aromatic heterocycles. The fourth-order valence-corrected chi connectivity index (χ4v) is 4.31. The van der Waals surface area contributed by atoms with E-state index >= 15 is 0 Å². The van der Waals surface area contributed by atoms with E-state index in [4.69, 9.17) is 4.74 Å². The number of ether oxygens (including phenoxy) is 1. The van der Waals surface area contributed by atoms with E-state index in [2.05, 4.69) is 6.92 Å². The normalized spacial score (nSPS) is 13.1. The van der Waals surface area contributed by atoms with E-state index in [1.54, 1.807) is 7.11 Å². The predicted octanol–water partition coefficient (Wildman–Crippen LogP) is 7.89. The van der Waals surface area contributed by atoms with E-state index in [0.29, 0.717) is 6.42 Å². The molecule has 0 aliphatic carbocycles. The first-order chi connectivity index (χ1) is 13.8. The molecule has 0 radical (unpaired) electrons. The van der Waals surface area contributed by atoms with Gasteiger partial charge < -0.3 is 4.74 Å². The Morgan fingerprint density at radius 1 is 0.690 bits per heavy atom. The van der Waals surface area contributed by atoms with E-state index in [0.717, 1.165) is 38.5 Å². The summed E-state index contributed by atoms with van der Waals surface area (Å²) in [6, 6.07) is 0. The first kappa shape index (κ1) is 25.9. The van der Waals surface area contributed by atoms with E-state index < -0.39 is 40.3 Å². The molecule has 6 heteroatoms. The lowest BCUT2D eigenvalue weighted by molar-refractivity contribution is -0.0705. The van der Waals surface area contributed by atoms with Gasteiger partial charge in [0, 0.05) is 12.7 Å². The average molecular weight is 423 g/mol. The quantitative estimate of drug-likeness (QED) is 0.128. The molecule has 1 atom stereocenters. The smallest absolute Gasteiger partial charge is 0.200 e. The summed E-state index contributed by atoms with van der Waals surface area (Å²) in [6.07, 6.45) is 9.05. The largest absolute Gasteiger partial charge is 0.378 e. The lowest BCUT2D eigenvalue weighted by Gasteiger charge is -2.39. The summed E-state index contributed by atoms with van der Waals surface area (Å²) >= 11 is 0. The zero-order chi connectivity index (χ0) is 22.0. The van der Waals surface area contributed by atoms with Gasteiger partial charge in [0.25, 0.3) is 0 Å². The minimum absolute atomic E-state index is 0.0244. The van der Waals surface area contributed by atoms with Gasteiger partial charge in [-0.25, -0.2) is 22.0 Å². The first-order valence-corrected chi connectivity index (χ1v) is 10.8. The van der Waals surface area contributed by atoms with Crippen LogP contribution >= 0.6 is 0 Å². The number of hydrogen-bond donors (Lipinski definition) is 0. The predicted molar refractivity (Wildman–Crippen MR) is 106 cm³/mol. The number of halogens is 5. The van der Waals surface area contributed by atoms with Crippen LogP contribution in [-0.2, 0) is 11.2 Å². The molecule has 0 bridgehead atoms. The molecule has 0 saturated heterocycles. The van der Waals surface area contributed by atoms with Crippen molar-refractivity contribution < 1.29 is 26.7 Å². The van der Waals surface area contributed by atoms with Gasteiger partial charge in [0.2, 0.25) is 5.82 Å². The molecule has 0 aliphatic rings.